The van der Waals surface area contributed by atoms with Crippen molar-refractivity contribution in [3.8, 4) is 5.75 Å². The Hall–Kier alpha value is -2.34. The minimum atomic E-state index is -0.628. The highest BCUT2D eigenvalue weighted by atomic mass is 19.1. The van der Waals surface area contributed by atoms with E-state index in [1.807, 2.05) is 29.9 Å². The minimum Gasteiger partial charge on any atom is -0.494 e. The molecule has 1 aliphatic heterocycles. The summed E-state index contributed by atoms with van der Waals surface area (Å²) in [5, 5.41) is 0. The number of nitrogens with zero attached hydrogens (tertiary/aromatic N) is 2. The molecule has 0 N–H and O–H groups in total. The third-order valence-electron chi connectivity index (χ3n) is 4.13. The average molecular weight is 318 g/mol. The zero-order chi connectivity index (χ0) is 16.4. The van der Waals surface area contributed by atoms with E-state index in [2.05, 4.69) is 0 Å². The number of aryl methyl sites for hydroxylation is 1. The number of carbonyl (C=O) groups excluding carboxylic acids is 1. The zero-order valence-electron chi connectivity index (χ0n) is 13.2. The number of benzene rings is 1. The Morgan fingerprint density at radius 3 is 2.87 bits per heavy atom. The van der Waals surface area contributed by atoms with E-state index in [4.69, 9.17) is 9.47 Å². The molecule has 5 nitrogen and oxygen atoms in total. The van der Waals surface area contributed by atoms with Crippen LogP contribution in [-0.2, 0) is 11.8 Å². The SMILES string of the molecule is COc1cccc(C(=O)N2CCOC[C@@H]2c2cccn2C)c1F. The van der Waals surface area contributed by atoms with E-state index in [1.165, 1.54) is 19.2 Å². The standard InChI is InChI=1S/C17H19FN2O3/c1-19-8-4-6-13(19)14-11-23-10-9-20(14)17(21)12-5-3-7-15(22-2)16(12)18/h3-8,14H,9-11H2,1-2H3/t14-/m1/s1. The van der Waals surface area contributed by atoms with E-state index in [0.29, 0.717) is 19.8 Å². The highest BCUT2D eigenvalue weighted by Crippen LogP contribution is 2.28. The van der Waals surface area contributed by atoms with Crippen molar-refractivity contribution in [1.29, 1.82) is 0 Å². The van der Waals surface area contributed by atoms with E-state index < -0.39 is 5.82 Å². The number of morpholine rings is 1. The lowest BCUT2D eigenvalue weighted by molar-refractivity contribution is -0.00489. The Morgan fingerprint density at radius 1 is 1.35 bits per heavy atom. The minimum absolute atomic E-state index is 0.0189. The Balaban J connectivity index is 1.95. The van der Waals surface area contributed by atoms with Crippen LogP contribution in [-0.4, -0.2) is 42.2 Å². The number of carbonyl (C=O) groups is 1. The summed E-state index contributed by atoms with van der Waals surface area (Å²) < 4.78 is 26.9. The van der Waals surface area contributed by atoms with Crippen LogP contribution in [0.5, 0.6) is 5.75 Å². The number of ether oxygens (including phenoxy) is 2. The van der Waals surface area contributed by atoms with Crippen LogP contribution in [0.4, 0.5) is 4.39 Å². The second-order valence-electron chi connectivity index (χ2n) is 5.46. The first-order valence-electron chi connectivity index (χ1n) is 7.46. The Morgan fingerprint density at radius 2 is 2.17 bits per heavy atom. The summed E-state index contributed by atoms with van der Waals surface area (Å²) in [6.45, 7) is 1.26. The maximum Gasteiger partial charge on any atom is 0.257 e. The zero-order valence-corrected chi connectivity index (χ0v) is 13.2. The molecule has 0 radical (unpaired) electrons. The fourth-order valence-corrected chi connectivity index (χ4v) is 2.90. The van der Waals surface area contributed by atoms with Crippen LogP contribution in [0.15, 0.2) is 36.5 Å². The molecule has 3 rings (SSSR count). The molecule has 2 aromatic rings. The van der Waals surface area contributed by atoms with Gasteiger partial charge >= 0.3 is 0 Å². The van der Waals surface area contributed by atoms with Gasteiger partial charge in [-0.3, -0.25) is 4.79 Å². The molecular weight excluding hydrogens is 299 g/mol. The number of aromatic nitrogens is 1. The summed E-state index contributed by atoms with van der Waals surface area (Å²) in [4.78, 5) is 14.5. The van der Waals surface area contributed by atoms with Gasteiger partial charge in [0.2, 0.25) is 0 Å². The van der Waals surface area contributed by atoms with E-state index in [1.54, 1.807) is 11.0 Å². The van der Waals surface area contributed by atoms with Gasteiger partial charge in [-0.1, -0.05) is 6.07 Å². The van der Waals surface area contributed by atoms with Gasteiger partial charge in [0.15, 0.2) is 11.6 Å². The summed E-state index contributed by atoms with van der Waals surface area (Å²) in [6, 6.07) is 8.23. The first-order valence-corrected chi connectivity index (χ1v) is 7.46. The summed E-state index contributed by atoms with van der Waals surface area (Å²) >= 11 is 0. The number of rotatable bonds is 3. The molecule has 1 fully saturated rings. The van der Waals surface area contributed by atoms with Crippen LogP contribution < -0.4 is 4.74 Å². The normalized spacial score (nSPS) is 18.0. The molecular formula is C17H19FN2O3. The number of halogens is 1. The third kappa shape index (κ3) is 2.82. The number of hydrogen-bond donors (Lipinski definition) is 0. The molecule has 122 valence electrons. The summed E-state index contributed by atoms with van der Waals surface area (Å²) in [6.07, 6.45) is 1.92. The number of amides is 1. The smallest absolute Gasteiger partial charge is 0.257 e. The Bertz CT molecular complexity index is 714. The average Bonchev–Trinajstić information content (AvgIpc) is 3.00. The first-order chi connectivity index (χ1) is 11.1. The quantitative estimate of drug-likeness (QED) is 0.873. The van der Waals surface area contributed by atoms with E-state index in [-0.39, 0.29) is 23.3 Å². The molecule has 0 aliphatic carbocycles. The predicted octanol–water partition coefficient (Wildman–Crippen LogP) is 2.39. The predicted molar refractivity (Wildman–Crippen MR) is 83.0 cm³/mol. The topological polar surface area (TPSA) is 43.7 Å². The summed E-state index contributed by atoms with van der Waals surface area (Å²) in [5.41, 5.74) is 0.979. The lowest BCUT2D eigenvalue weighted by Gasteiger charge is -2.36. The van der Waals surface area contributed by atoms with Gasteiger partial charge in [-0.05, 0) is 24.3 Å². The van der Waals surface area contributed by atoms with E-state index in [9.17, 15) is 9.18 Å². The van der Waals surface area contributed by atoms with Gasteiger partial charge in [0.1, 0.15) is 0 Å². The molecule has 1 atom stereocenters. The van der Waals surface area contributed by atoms with Crippen molar-refractivity contribution in [2.24, 2.45) is 7.05 Å². The van der Waals surface area contributed by atoms with E-state index in [0.717, 1.165) is 5.69 Å². The van der Waals surface area contributed by atoms with Crippen molar-refractivity contribution in [3.05, 3.63) is 53.6 Å². The van der Waals surface area contributed by atoms with Gasteiger partial charge in [0.05, 0.1) is 31.9 Å². The van der Waals surface area contributed by atoms with Crippen molar-refractivity contribution in [1.82, 2.24) is 9.47 Å². The molecule has 0 spiro atoms. The van der Waals surface area contributed by atoms with Gasteiger partial charge in [-0.15, -0.1) is 0 Å². The second-order valence-corrected chi connectivity index (χ2v) is 5.46. The van der Waals surface area contributed by atoms with Gasteiger partial charge in [0, 0.05) is 25.5 Å². The molecule has 1 saturated heterocycles. The molecule has 0 saturated carbocycles. The van der Waals surface area contributed by atoms with Crippen LogP contribution in [0.1, 0.15) is 22.1 Å². The second kappa shape index (κ2) is 6.42. The van der Waals surface area contributed by atoms with Crippen LogP contribution >= 0.6 is 0 Å². The molecule has 2 heterocycles. The molecule has 1 aliphatic rings. The van der Waals surface area contributed by atoms with Crippen LogP contribution in [0.25, 0.3) is 0 Å². The van der Waals surface area contributed by atoms with Gasteiger partial charge < -0.3 is 18.9 Å². The van der Waals surface area contributed by atoms with Gasteiger partial charge in [-0.2, -0.15) is 0 Å². The molecule has 1 amide bonds. The molecule has 0 bridgehead atoms. The van der Waals surface area contributed by atoms with Crippen molar-refractivity contribution in [3.63, 3.8) is 0 Å². The lowest BCUT2D eigenvalue weighted by atomic mass is 10.1. The largest absolute Gasteiger partial charge is 0.494 e. The molecule has 1 aromatic heterocycles. The monoisotopic (exact) mass is 318 g/mol. The van der Waals surface area contributed by atoms with Crippen LogP contribution in [0, 0.1) is 5.82 Å². The van der Waals surface area contributed by atoms with Crippen LogP contribution in [0.3, 0.4) is 0 Å². The van der Waals surface area contributed by atoms with Gasteiger partial charge in [-0.25, -0.2) is 4.39 Å². The van der Waals surface area contributed by atoms with Crippen molar-refractivity contribution >= 4 is 5.91 Å². The Labute approximate surface area is 134 Å². The van der Waals surface area contributed by atoms with Crippen LogP contribution in [0.2, 0.25) is 0 Å². The Kier molecular flexibility index (Phi) is 4.34. The highest BCUT2D eigenvalue weighted by molar-refractivity contribution is 5.95. The van der Waals surface area contributed by atoms with Crippen molar-refractivity contribution < 1.29 is 18.7 Å². The number of hydrogen-bond acceptors (Lipinski definition) is 3. The summed E-state index contributed by atoms with van der Waals surface area (Å²) in [7, 11) is 3.30. The fraction of sp³-hybridized carbons (Fsp3) is 0.353. The highest BCUT2D eigenvalue weighted by Gasteiger charge is 2.32. The maximum atomic E-state index is 14.4. The van der Waals surface area contributed by atoms with E-state index >= 15 is 0 Å². The maximum absolute atomic E-state index is 14.4. The molecule has 1 aromatic carbocycles. The van der Waals surface area contributed by atoms with Gasteiger partial charge in [0.25, 0.3) is 5.91 Å². The molecule has 0 unspecified atom stereocenters. The molecule has 23 heavy (non-hydrogen) atoms. The third-order valence-corrected chi connectivity index (χ3v) is 4.13. The molecule has 6 heteroatoms. The lowest BCUT2D eigenvalue weighted by Crippen LogP contribution is -2.44. The van der Waals surface area contributed by atoms with Crippen molar-refractivity contribution in [2.45, 2.75) is 6.04 Å². The number of methoxy groups -OCH3 is 1. The summed E-state index contributed by atoms with van der Waals surface area (Å²) in [5.74, 6) is -0.910. The van der Waals surface area contributed by atoms with Crippen molar-refractivity contribution in [2.75, 3.05) is 26.9 Å². The first kappa shape index (κ1) is 15.6. The fourth-order valence-electron chi connectivity index (χ4n) is 2.90.